The van der Waals surface area contributed by atoms with Gasteiger partial charge in [-0.3, -0.25) is 5.43 Å². The molecule has 0 saturated heterocycles. The number of phenolic OH excluding ortho intramolecular Hbond substituents is 1. The van der Waals surface area contributed by atoms with Crippen molar-refractivity contribution in [1.82, 2.24) is 0 Å². The Morgan fingerprint density at radius 3 is 2.60 bits per heavy atom. The lowest BCUT2D eigenvalue weighted by molar-refractivity contribution is 0.407. The number of hydrazone groups is 1. The predicted molar refractivity (Wildman–Crippen MR) is 81.7 cm³/mol. The van der Waals surface area contributed by atoms with Gasteiger partial charge in [0.15, 0.2) is 0 Å². The summed E-state index contributed by atoms with van der Waals surface area (Å²) in [7, 11) is 1.56. The highest BCUT2D eigenvalue weighted by Crippen LogP contribution is 2.24. The Hall–Kier alpha value is -2.49. The van der Waals surface area contributed by atoms with Crippen LogP contribution in [-0.2, 0) is 0 Å². The minimum absolute atomic E-state index is 0.150. The molecule has 2 aromatic rings. The lowest BCUT2D eigenvalue weighted by Gasteiger charge is -2.08. The number of nitrogens with zero attached hydrogens (tertiary/aromatic N) is 1. The zero-order valence-corrected chi connectivity index (χ0v) is 11.8. The normalized spacial score (nSPS) is 11.2. The lowest BCUT2D eigenvalue weighted by Crippen LogP contribution is -2.01. The van der Waals surface area contributed by atoms with Gasteiger partial charge >= 0.3 is 0 Å². The Morgan fingerprint density at radius 2 is 1.95 bits per heavy atom. The topological polar surface area (TPSA) is 53.8 Å². The maximum atomic E-state index is 9.96. The zero-order chi connectivity index (χ0) is 14.5. The number of anilines is 1. The smallest absolute Gasteiger partial charge is 0.128 e. The molecule has 2 aromatic carbocycles. The van der Waals surface area contributed by atoms with Crippen LogP contribution in [-0.4, -0.2) is 17.9 Å². The molecule has 0 amide bonds. The standard InChI is InChI=1S/C16H18N2O2/c1-11-6-4-5-7-15(11)18-17-12(2)14-9-8-13(20-3)10-16(14)19/h4-10,18-19H,1-3H3/b17-12+. The van der Waals surface area contributed by atoms with Crippen molar-refractivity contribution in [2.75, 3.05) is 12.5 Å². The van der Waals surface area contributed by atoms with Gasteiger partial charge in [0.2, 0.25) is 0 Å². The Morgan fingerprint density at radius 1 is 1.20 bits per heavy atom. The van der Waals surface area contributed by atoms with E-state index < -0.39 is 0 Å². The minimum Gasteiger partial charge on any atom is -0.507 e. The summed E-state index contributed by atoms with van der Waals surface area (Å²) in [4.78, 5) is 0. The van der Waals surface area contributed by atoms with Crippen LogP contribution in [0.1, 0.15) is 18.1 Å². The van der Waals surface area contributed by atoms with Crippen LogP contribution in [0.5, 0.6) is 11.5 Å². The van der Waals surface area contributed by atoms with Gasteiger partial charge in [-0.2, -0.15) is 5.10 Å². The molecule has 0 radical (unpaired) electrons. The van der Waals surface area contributed by atoms with Gasteiger partial charge in [-0.05, 0) is 37.6 Å². The van der Waals surface area contributed by atoms with E-state index in [-0.39, 0.29) is 5.75 Å². The van der Waals surface area contributed by atoms with Crippen LogP contribution in [0.3, 0.4) is 0 Å². The monoisotopic (exact) mass is 270 g/mol. The molecule has 0 saturated carbocycles. The van der Waals surface area contributed by atoms with Crippen molar-refractivity contribution < 1.29 is 9.84 Å². The maximum absolute atomic E-state index is 9.96. The summed E-state index contributed by atoms with van der Waals surface area (Å²) in [5, 5.41) is 14.3. The summed E-state index contributed by atoms with van der Waals surface area (Å²) in [5.41, 5.74) is 6.45. The number of aromatic hydroxyl groups is 1. The molecule has 0 aliphatic rings. The second-order valence-electron chi connectivity index (χ2n) is 4.51. The molecule has 0 fully saturated rings. The highest BCUT2D eigenvalue weighted by Gasteiger charge is 2.06. The van der Waals surface area contributed by atoms with Gasteiger partial charge in [-0.25, -0.2) is 0 Å². The first-order valence-corrected chi connectivity index (χ1v) is 6.35. The van der Waals surface area contributed by atoms with E-state index in [0.29, 0.717) is 17.0 Å². The van der Waals surface area contributed by atoms with Gasteiger partial charge < -0.3 is 9.84 Å². The van der Waals surface area contributed by atoms with Crippen LogP contribution in [0.25, 0.3) is 0 Å². The number of ether oxygens (including phenoxy) is 1. The quantitative estimate of drug-likeness (QED) is 0.660. The molecule has 104 valence electrons. The summed E-state index contributed by atoms with van der Waals surface area (Å²) in [6, 6.07) is 13.0. The Labute approximate surface area is 118 Å². The summed E-state index contributed by atoms with van der Waals surface area (Å²) in [6.07, 6.45) is 0. The molecule has 0 heterocycles. The van der Waals surface area contributed by atoms with Gasteiger partial charge in [-0.1, -0.05) is 18.2 Å². The van der Waals surface area contributed by atoms with Crippen LogP contribution in [0.2, 0.25) is 0 Å². The molecular formula is C16H18N2O2. The molecule has 0 spiro atoms. The predicted octanol–water partition coefficient (Wildman–Crippen LogP) is 3.55. The fraction of sp³-hybridized carbons (Fsp3) is 0.188. The van der Waals surface area contributed by atoms with Crippen LogP contribution >= 0.6 is 0 Å². The van der Waals surface area contributed by atoms with E-state index in [4.69, 9.17) is 4.74 Å². The second kappa shape index (κ2) is 6.10. The lowest BCUT2D eigenvalue weighted by atomic mass is 10.1. The third kappa shape index (κ3) is 3.09. The Balaban J connectivity index is 2.21. The molecule has 4 nitrogen and oxygen atoms in total. The number of aryl methyl sites for hydroxylation is 1. The maximum Gasteiger partial charge on any atom is 0.128 e. The molecule has 0 bridgehead atoms. The van der Waals surface area contributed by atoms with E-state index in [1.54, 1.807) is 25.3 Å². The van der Waals surface area contributed by atoms with Crippen molar-refractivity contribution in [1.29, 1.82) is 0 Å². The van der Waals surface area contributed by atoms with Crippen molar-refractivity contribution in [2.24, 2.45) is 5.10 Å². The van der Waals surface area contributed by atoms with Crippen molar-refractivity contribution in [2.45, 2.75) is 13.8 Å². The van der Waals surface area contributed by atoms with Crippen molar-refractivity contribution in [3.05, 3.63) is 53.6 Å². The molecule has 2 N–H and O–H groups in total. The third-order valence-corrected chi connectivity index (χ3v) is 3.08. The van der Waals surface area contributed by atoms with E-state index in [9.17, 15) is 5.11 Å². The summed E-state index contributed by atoms with van der Waals surface area (Å²) >= 11 is 0. The second-order valence-corrected chi connectivity index (χ2v) is 4.51. The third-order valence-electron chi connectivity index (χ3n) is 3.08. The SMILES string of the molecule is COc1ccc(/C(C)=N/Nc2ccccc2C)c(O)c1. The van der Waals surface area contributed by atoms with Gasteiger partial charge in [0.1, 0.15) is 11.5 Å². The number of rotatable bonds is 4. The highest BCUT2D eigenvalue weighted by molar-refractivity contribution is 6.01. The fourth-order valence-electron chi connectivity index (χ4n) is 1.85. The molecule has 0 aliphatic heterocycles. The molecule has 0 aliphatic carbocycles. The summed E-state index contributed by atoms with van der Waals surface area (Å²) in [6.45, 7) is 3.85. The number of hydrogen-bond donors (Lipinski definition) is 2. The van der Waals surface area contributed by atoms with Crippen LogP contribution in [0.15, 0.2) is 47.6 Å². The van der Waals surface area contributed by atoms with Crippen molar-refractivity contribution in [3.63, 3.8) is 0 Å². The number of nitrogens with one attached hydrogen (secondary N) is 1. The number of methoxy groups -OCH3 is 1. The number of hydrogen-bond acceptors (Lipinski definition) is 4. The van der Waals surface area contributed by atoms with Gasteiger partial charge in [0.05, 0.1) is 18.5 Å². The Bertz CT molecular complexity index is 636. The average Bonchev–Trinajstić information content (AvgIpc) is 2.46. The Kier molecular flexibility index (Phi) is 4.25. The number of phenols is 1. The van der Waals surface area contributed by atoms with Gasteiger partial charge in [0, 0.05) is 11.6 Å². The van der Waals surface area contributed by atoms with Crippen LogP contribution in [0.4, 0.5) is 5.69 Å². The van der Waals surface area contributed by atoms with E-state index in [2.05, 4.69) is 10.5 Å². The average molecular weight is 270 g/mol. The van der Waals surface area contributed by atoms with E-state index in [1.807, 2.05) is 38.1 Å². The van der Waals surface area contributed by atoms with Gasteiger partial charge in [-0.15, -0.1) is 0 Å². The van der Waals surface area contributed by atoms with Crippen molar-refractivity contribution >= 4 is 11.4 Å². The highest BCUT2D eigenvalue weighted by atomic mass is 16.5. The van der Waals surface area contributed by atoms with Crippen LogP contribution < -0.4 is 10.2 Å². The molecular weight excluding hydrogens is 252 g/mol. The van der Waals surface area contributed by atoms with Crippen LogP contribution in [0, 0.1) is 6.92 Å². The molecule has 2 rings (SSSR count). The van der Waals surface area contributed by atoms with Crippen molar-refractivity contribution in [3.8, 4) is 11.5 Å². The van der Waals surface area contributed by atoms with E-state index in [0.717, 1.165) is 11.3 Å². The number of para-hydroxylation sites is 1. The zero-order valence-electron chi connectivity index (χ0n) is 11.8. The first kappa shape index (κ1) is 13.9. The fourth-order valence-corrected chi connectivity index (χ4v) is 1.85. The molecule has 4 heteroatoms. The molecule has 20 heavy (non-hydrogen) atoms. The molecule has 0 aromatic heterocycles. The number of benzene rings is 2. The first-order chi connectivity index (χ1) is 9.61. The summed E-state index contributed by atoms with van der Waals surface area (Å²) < 4.78 is 5.06. The van der Waals surface area contributed by atoms with Gasteiger partial charge in [0.25, 0.3) is 0 Å². The first-order valence-electron chi connectivity index (χ1n) is 6.35. The van der Waals surface area contributed by atoms with E-state index >= 15 is 0 Å². The largest absolute Gasteiger partial charge is 0.507 e. The van der Waals surface area contributed by atoms with E-state index in [1.165, 1.54) is 0 Å². The molecule has 0 atom stereocenters. The minimum atomic E-state index is 0.150. The summed E-state index contributed by atoms with van der Waals surface area (Å²) in [5.74, 6) is 0.767. The molecule has 0 unspecified atom stereocenters.